The van der Waals surface area contributed by atoms with Gasteiger partial charge in [0.15, 0.2) is 5.96 Å². The Balaban J connectivity index is 1.52. The van der Waals surface area contributed by atoms with E-state index >= 15 is 0 Å². The molecule has 1 fully saturated rings. The Hall–Kier alpha value is -2.83. The number of nitrogens with two attached hydrogens (primary N) is 1. The highest BCUT2D eigenvalue weighted by atomic mass is 19.1. The Morgan fingerprint density at radius 3 is 2.52 bits per heavy atom. The Labute approximate surface area is 172 Å². The van der Waals surface area contributed by atoms with E-state index < -0.39 is 0 Å². The SMILES string of the molecule is CC(C)CCNC(N)=NCc1ccnc(N2CCN(c3ccc(F)cc3)CC2)c1. The van der Waals surface area contributed by atoms with Crippen LogP contribution in [0.25, 0.3) is 0 Å². The zero-order chi connectivity index (χ0) is 20.6. The third kappa shape index (κ3) is 6.34. The predicted molar refractivity (Wildman–Crippen MR) is 118 cm³/mol. The highest BCUT2D eigenvalue weighted by Gasteiger charge is 2.18. The Morgan fingerprint density at radius 1 is 1.14 bits per heavy atom. The van der Waals surface area contributed by atoms with E-state index in [2.05, 4.69) is 45.0 Å². The fraction of sp³-hybridized carbons (Fsp3) is 0.455. The topological polar surface area (TPSA) is 69.8 Å². The van der Waals surface area contributed by atoms with Crippen molar-refractivity contribution in [2.45, 2.75) is 26.8 Å². The lowest BCUT2D eigenvalue weighted by molar-refractivity contribution is 0.576. The van der Waals surface area contributed by atoms with Crippen LogP contribution in [-0.4, -0.2) is 43.7 Å². The number of hydrogen-bond donors (Lipinski definition) is 2. The molecule has 2 heterocycles. The first-order valence-electron chi connectivity index (χ1n) is 10.3. The number of benzene rings is 1. The molecule has 3 rings (SSSR count). The average Bonchev–Trinajstić information content (AvgIpc) is 2.73. The van der Waals surface area contributed by atoms with E-state index in [9.17, 15) is 4.39 Å². The van der Waals surface area contributed by atoms with Gasteiger partial charge in [-0.25, -0.2) is 14.4 Å². The lowest BCUT2D eigenvalue weighted by atomic mass is 10.1. The summed E-state index contributed by atoms with van der Waals surface area (Å²) in [7, 11) is 0. The molecular weight excluding hydrogens is 367 g/mol. The maximum atomic E-state index is 13.1. The van der Waals surface area contributed by atoms with Crippen LogP contribution in [0.3, 0.4) is 0 Å². The molecule has 1 saturated heterocycles. The van der Waals surface area contributed by atoms with Crippen molar-refractivity contribution in [1.29, 1.82) is 0 Å². The van der Waals surface area contributed by atoms with Crippen molar-refractivity contribution in [3.63, 3.8) is 0 Å². The summed E-state index contributed by atoms with van der Waals surface area (Å²) in [6, 6.07) is 10.7. The molecule has 0 aliphatic carbocycles. The van der Waals surface area contributed by atoms with Crippen LogP contribution in [0.1, 0.15) is 25.8 Å². The number of guanidine groups is 1. The minimum absolute atomic E-state index is 0.202. The number of piperazine rings is 1. The molecule has 1 aliphatic heterocycles. The van der Waals surface area contributed by atoms with Gasteiger partial charge in [0.1, 0.15) is 11.6 Å². The molecule has 0 atom stereocenters. The number of aliphatic imine (C=N–C) groups is 1. The second-order valence-corrected chi connectivity index (χ2v) is 7.78. The number of nitrogens with zero attached hydrogens (tertiary/aromatic N) is 4. The van der Waals surface area contributed by atoms with Crippen LogP contribution in [0, 0.1) is 11.7 Å². The van der Waals surface area contributed by atoms with E-state index in [4.69, 9.17) is 5.73 Å². The van der Waals surface area contributed by atoms with Crippen LogP contribution >= 0.6 is 0 Å². The molecule has 3 N–H and O–H groups in total. The van der Waals surface area contributed by atoms with Crippen molar-refractivity contribution < 1.29 is 4.39 Å². The number of pyridine rings is 1. The largest absolute Gasteiger partial charge is 0.370 e. The Kier molecular flexibility index (Phi) is 7.27. The number of halogens is 1. The summed E-state index contributed by atoms with van der Waals surface area (Å²) < 4.78 is 13.1. The zero-order valence-electron chi connectivity index (χ0n) is 17.3. The number of aromatic nitrogens is 1. The van der Waals surface area contributed by atoms with Crippen LogP contribution < -0.4 is 20.9 Å². The van der Waals surface area contributed by atoms with Gasteiger partial charge in [0.2, 0.25) is 0 Å². The van der Waals surface area contributed by atoms with Gasteiger partial charge < -0.3 is 20.9 Å². The van der Waals surface area contributed by atoms with Gasteiger partial charge in [-0.05, 0) is 54.3 Å². The second-order valence-electron chi connectivity index (χ2n) is 7.78. The van der Waals surface area contributed by atoms with Crippen molar-refractivity contribution in [3.8, 4) is 0 Å². The van der Waals surface area contributed by atoms with Gasteiger partial charge in [0.05, 0.1) is 6.54 Å². The maximum absolute atomic E-state index is 13.1. The molecule has 1 aromatic carbocycles. The molecular formula is C22H31FN6. The van der Waals surface area contributed by atoms with E-state index in [-0.39, 0.29) is 5.82 Å². The summed E-state index contributed by atoms with van der Waals surface area (Å²) in [6.07, 6.45) is 2.90. The Bertz CT molecular complexity index is 797. The lowest BCUT2D eigenvalue weighted by Crippen LogP contribution is -2.46. The van der Waals surface area contributed by atoms with Gasteiger partial charge in [-0.15, -0.1) is 0 Å². The molecule has 0 bridgehead atoms. The minimum atomic E-state index is -0.202. The zero-order valence-corrected chi connectivity index (χ0v) is 17.3. The van der Waals surface area contributed by atoms with Gasteiger partial charge in [-0.2, -0.15) is 0 Å². The average molecular weight is 399 g/mol. The van der Waals surface area contributed by atoms with E-state index in [0.717, 1.165) is 56.2 Å². The standard InChI is InChI=1S/C22H31FN6/c1-17(2)7-9-26-22(24)27-16-18-8-10-25-21(15-18)29-13-11-28(12-14-29)20-5-3-19(23)4-6-20/h3-6,8,10,15,17H,7,9,11-14,16H2,1-2H3,(H3,24,26,27). The number of rotatable bonds is 7. The molecule has 29 heavy (non-hydrogen) atoms. The van der Waals surface area contributed by atoms with Crippen LogP contribution in [-0.2, 0) is 6.54 Å². The van der Waals surface area contributed by atoms with Crippen molar-refractivity contribution in [1.82, 2.24) is 10.3 Å². The lowest BCUT2D eigenvalue weighted by Gasteiger charge is -2.36. The van der Waals surface area contributed by atoms with Gasteiger partial charge in [0, 0.05) is 44.6 Å². The van der Waals surface area contributed by atoms with Gasteiger partial charge in [-0.3, -0.25) is 0 Å². The second kappa shape index (κ2) is 10.1. The van der Waals surface area contributed by atoms with Crippen LogP contribution in [0.5, 0.6) is 0 Å². The number of anilines is 2. The third-order valence-electron chi connectivity index (χ3n) is 5.07. The molecule has 7 heteroatoms. The third-order valence-corrected chi connectivity index (χ3v) is 5.07. The van der Waals surface area contributed by atoms with Crippen LogP contribution in [0.2, 0.25) is 0 Å². The predicted octanol–water partition coefficient (Wildman–Crippen LogP) is 3.00. The fourth-order valence-corrected chi connectivity index (χ4v) is 3.30. The number of nitrogens with one attached hydrogen (secondary N) is 1. The smallest absolute Gasteiger partial charge is 0.188 e. The summed E-state index contributed by atoms with van der Waals surface area (Å²) in [5.41, 5.74) is 8.10. The molecule has 0 amide bonds. The molecule has 0 saturated carbocycles. The normalized spacial score (nSPS) is 15.1. The van der Waals surface area contributed by atoms with Crippen molar-refractivity contribution >= 4 is 17.5 Å². The van der Waals surface area contributed by atoms with Crippen LogP contribution in [0.4, 0.5) is 15.9 Å². The van der Waals surface area contributed by atoms with E-state index in [1.165, 1.54) is 12.1 Å². The van der Waals surface area contributed by atoms with Crippen molar-refractivity contribution in [2.24, 2.45) is 16.6 Å². The summed E-state index contributed by atoms with van der Waals surface area (Å²) in [5.74, 6) is 1.88. The highest BCUT2D eigenvalue weighted by Crippen LogP contribution is 2.20. The van der Waals surface area contributed by atoms with E-state index in [1.807, 2.05) is 24.4 Å². The summed E-state index contributed by atoms with van der Waals surface area (Å²) in [4.78, 5) is 13.5. The number of hydrogen-bond acceptors (Lipinski definition) is 4. The first-order valence-corrected chi connectivity index (χ1v) is 10.3. The fourth-order valence-electron chi connectivity index (χ4n) is 3.30. The van der Waals surface area contributed by atoms with E-state index in [1.54, 1.807) is 0 Å². The van der Waals surface area contributed by atoms with Crippen molar-refractivity contribution in [3.05, 3.63) is 54.0 Å². The molecule has 2 aromatic rings. The molecule has 0 radical (unpaired) electrons. The van der Waals surface area contributed by atoms with E-state index in [0.29, 0.717) is 18.4 Å². The molecule has 1 aromatic heterocycles. The highest BCUT2D eigenvalue weighted by molar-refractivity contribution is 5.77. The van der Waals surface area contributed by atoms with Gasteiger partial charge in [0.25, 0.3) is 0 Å². The minimum Gasteiger partial charge on any atom is -0.370 e. The van der Waals surface area contributed by atoms with Gasteiger partial charge >= 0.3 is 0 Å². The first-order chi connectivity index (χ1) is 14.0. The molecule has 0 spiro atoms. The summed E-state index contributed by atoms with van der Waals surface area (Å²) in [5, 5.41) is 3.16. The molecule has 156 valence electrons. The summed E-state index contributed by atoms with van der Waals surface area (Å²) in [6.45, 7) is 9.25. The van der Waals surface area contributed by atoms with Crippen molar-refractivity contribution in [2.75, 3.05) is 42.5 Å². The van der Waals surface area contributed by atoms with Crippen LogP contribution in [0.15, 0.2) is 47.6 Å². The van der Waals surface area contributed by atoms with Gasteiger partial charge in [-0.1, -0.05) is 13.8 Å². The Morgan fingerprint density at radius 2 is 1.83 bits per heavy atom. The molecule has 6 nitrogen and oxygen atoms in total. The maximum Gasteiger partial charge on any atom is 0.188 e. The molecule has 1 aliphatic rings. The monoisotopic (exact) mass is 398 g/mol. The summed E-state index contributed by atoms with van der Waals surface area (Å²) >= 11 is 0. The quantitative estimate of drug-likeness (QED) is 0.554. The molecule has 0 unspecified atom stereocenters. The first kappa shape index (κ1) is 20.9.